The molecule has 0 spiro atoms. The molecule has 3 atom stereocenters. The molecule has 0 aliphatic carbocycles. The molecule has 2 aliphatic rings. The number of carbonyl (C=O) groups is 2. The van der Waals surface area contributed by atoms with Crippen molar-refractivity contribution in [1.29, 1.82) is 0 Å². The van der Waals surface area contributed by atoms with E-state index >= 15 is 0 Å². The molecule has 1 N–H and O–H groups in total. The zero-order valence-corrected chi connectivity index (χ0v) is 15.6. The lowest BCUT2D eigenvalue weighted by Crippen LogP contribution is -2.73. The summed E-state index contributed by atoms with van der Waals surface area (Å²) in [6.07, 6.45) is 0. The van der Waals surface area contributed by atoms with Crippen molar-refractivity contribution in [2.24, 2.45) is 0 Å². The van der Waals surface area contributed by atoms with Gasteiger partial charge >= 0.3 is 0 Å². The van der Waals surface area contributed by atoms with Gasteiger partial charge in [0.1, 0.15) is 0 Å². The second kappa shape index (κ2) is 6.82. The monoisotopic (exact) mass is 364 g/mol. The molecule has 2 saturated heterocycles. The lowest BCUT2D eigenvalue weighted by Gasteiger charge is -2.58. The number of nitrogens with zero attached hydrogens (tertiary/aromatic N) is 2. The van der Waals surface area contributed by atoms with Crippen LogP contribution in [0.2, 0.25) is 0 Å². The maximum atomic E-state index is 12.4. The first-order valence-electron chi connectivity index (χ1n) is 9.34. The summed E-state index contributed by atoms with van der Waals surface area (Å²) in [7, 11) is 0. The Labute approximate surface area is 159 Å². The van der Waals surface area contributed by atoms with Crippen LogP contribution in [-0.4, -0.2) is 58.5 Å². The normalized spacial score (nSPS) is 24.4. The lowest BCUT2D eigenvalue weighted by molar-refractivity contribution is -0.166. The molecule has 0 aromatic heterocycles. The van der Waals surface area contributed by atoms with Crippen LogP contribution in [0.4, 0.5) is 0 Å². The number of aliphatic hydroxyl groups excluding tert-OH is 1. The van der Waals surface area contributed by atoms with Crippen molar-refractivity contribution in [3.05, 3.63) is 59.7 Å². The van der Waals surface area contributed by atoms with Crippen LogP contribution in [0.5, 0.6) is 0 Å². The summed E-state index contributed by atoms with van der Waals surface area (Å²) < 4.78 is 0. The molecule has 4 rings (SSSR count). The minimum absolute atomic E-state index is 0.0492. The molecule has 27 heavy (non-hydrogen) atoms. The predicted octanol–water partition coefficient (Wildman–Crippen LogP) is 2.18. The molecule has 2 aliphatic heterocycles. The Bertz CT molecular complexity index is 860. The van der Waals surface area contributed by atoms with Gasteiger partial charge in [-0.15, -0.1) is 0 Å². The second-order valence-corrected chi connectivity index (χ2v) is 7.53. The van der Waals surface area contributed by atoms with E-state index in [2.05, 4.69) is 55.5 Å². The Morgan fingerprint density at radius 1 is 1.07 bits per heavy atom. The number of rotatable bonds is 3. The van der Waals surface area contributed by atoms with Gasteiger partial charge in [0.25, 0.3) is 0 Å². The van der Waals surface area contributed by atoms with Crippen LogP contribution < -0.4 is 0 Å². The van der Waals surface area contributed by atoms with Crippen molar-refractivity contribution < 1.29 is 14.7 Å². The standard InChI is InChI=1S/C22H24N2O3/c1-14-3-5-16(6-4-14)17-7-9-18(10-8-17)22-19-11-23(15(2)26)12-21(27)24(19)20(22)13-25/h3-10,19-20,22,25H,11-13H2,1-2H3/t19-,20+,22-/m1/s1. The Morgan fingerprint density at radius 3 is 2.22 bits per heavy atom. The molecule has 2 heterocycles. The largest absolute Gasteiger partial charge is 0.394 e. The first-order chi connectivity index (χ1) is 13.0. The topological polar surface area (TPSA) is 60.9 Å². The van der Waals surface area contributed by atoms with Gasteiger partial charge in [0, 0.05) is 19.4 Å². The minimum Gasteiger partial charge on any atom is -0.394 e. The van der Waals surface area contributed by atoms with Crippen molar-refractivity contribution in [1.82, 2.24) is 9.80 Å². The number of aliphatic hydroxyl groups is 1. The van der Waals surface area contributed by atoms with Crippen LogP contribution in [0.1, 0.15) is 24.0 Å². The number of benzene rings is 2. The third kappa shape index (κ3) is 3.02. The predicted molar refractivity (Wildman–Crippen MR) is 103 cm³/mol. The third-order valence-electron chi connectivity index (χ3n) is 5.88. The van der Waals surface area contributed by atoms with Crippen LogP contribution >= 0.6 is 0 Å². The highest BCUT2D eigenvalue weighted by molar-refractivity contribution is 5.87. The average molecular weight is 364 g/mol. The van der Waals surface area contributed by atoms with E-state index in [4.69, 9.17) is 0 Å². The molecular weight excluding hydrogens is 340 g/mol. The van der Waals surface area contributed by atoms with Crippen molar-refractivity contribution in [2.45, 2.75) is 31.8 Å². The zero-order valence-electron chi connectivity index (χ0n) is 15.6. The molecule has 5 nitrogen and oxygen atoms in total. The molecule has 2 fully saturated rings. The molecule has 0 radical (unpaired) electrons. The third-order valence-corrected chi connectivity index (χ3v) is 5.88. The summed E-state index contributed by atoms with van der Waals surface area (Å²) in [5.74, 6) is -0.106. The fourth-order valence-corrected chi connectivity index (χ4v) is 4.38. The van der Waals surface area contributed by atoms with Gasteiger partial charge in [0.05, 0.1) is 25.2 Å². The van der Waals surface area contributed by atoms with E-state index in [-0.39, 0.29) is 43.0 Å². The van der Waals surface area contributed by atoms with Gasteiger partial charge < -0.3 is 14.9 Å². The summed E-state index contributed by atoms with van der Waals surface area (Å²) in [5.41, 5.74) is 4.63. The Morgan fingerprint density at radius 2 is 1.67 bits per heavy atom. The summed E-state index contributed by atoms with van der Waals surface area (Å²) in [6, 6.07) is 16.5. The number of aryl methyl sites for hydroxylation is 1. The van der Waals surface area contributed by atoms with Crippen LogP contribution in [0, 0.1) is 6.92 Å². The minimum atomic E-state index is -0.207. The second-order valence-electron chi connectivity index (χ2n) is 7.53. The Hall–Kier alpha value is -2.66. The number of hydrogen-bond acceptors (Lipinski definition) is 3. The van der Waals surface area contributed by atoms with Crippen LogP contribution in [0.3, 0.4) is 0 Å². The number of amides is 2. The number of fused-ring (bicyclic) bond motifs is 1. The summed E-state index contributed by atoms with van der Waals surface area (Å²) in [6.45, 7) is 4.15. The van der Waals surface area contributed by atoms with E-state index in [1.165, 1.54) is 12.5 Å². The van der Waals surface area contributed by atoms with E-state index < -0.39 is 0 Å². The van der Waals surface area contributed by atoms with Gasteiger partial charge in [0.15, 0.2) is 0 Å². The van der Waals surface area contributed by atoms with Gasteiger partial charge in [-0.2, -0.15) is 0 Å². The van der Waals surface area contributed by atoms with E-state index in [1.54, 1.807) is 9.80 Å². The smallest absolute Gasteiger partial charge is 0.242 e. The van der Waals surface area contributed by atoms with Gasteiger partial charge in [-0.25, -0.2) is 0 Å². The van der Waals surface area contributed by atoms with E-state index in [0.717, 1.165) is 16.7 Å². The van der Waals surface area contributed by atoms with Gasteiger partial charge in [-0.3, -0.25) is 9.59 Å². The van der Waals surface area contributed by atoms with E-state index in [9.17, 15) is 14.7 Å². The van der Waals surface area contributed by atoms with E-state index in [1.807, 2.05) is 0 Å². The summed E-state index contributed by atoms with van der Waals surface area (Å²) >= 11 is 0. The highest BCUT2D eigenvalue weighted by Gasteiger charge is 2.54. The van der Waals surface area contributed by atoms with Crippen LogP contribution in [0.25, 0.3) is 11.1 Å². The highest BCUT2D eigenvalue weighted by atomic mass is 16.3. The molecule has 5 heteroatoms. The number of piperazine rings is 1. The molecular formula is C22H24N2O3. The molecule has 0 bridgehead atoms. The SMILES string of the molecule is CC(=O)N1CC(=O)N2[C@H](C1)[C@@H](c1ccc(-c3ccc(C)cc3)cc1)[C@@H]2CO. The Balaban J connectivity index is 1.59. The van der Waals surface area contributed by atoms with Gasteiger partial charge in [-0.1, -0.05) is 54.1 Å². The molecule has 2 aromatic carbocycles. The van der Waals surface area contributed by atoms with Gasteiger partial charge in [0.2, 0.25) is 11.8 Å². The zero-order chi connectivity index (χ0) is 19.1. The first-order valence-corrected chi connectivity index (χ1v) is 9.34. The van der Waals surface area contributed by atoms with Crippen molar-refractivity contribution in [3.63, 3.8) is 0 Å². The molecule has 2 aromatic rings. The first kappa shape index (κ1) is 17.7. The highest BCUT2D eigenvalue weighted by Crippen LogP contribution is 2.43. The lowest BCUT2D eigenvalue weighted by atomic mass is 9.73. The van der Waals surface area contributed by atoms with Crippen LogP contribution in [0.15, 0.2) is 48.5 Å². The molecule has 2 amide bonds. The molecule has 140 valence electrons. The maximum Gasteiger partial charge on any atom is 0.242 e. The fourth-order valence-electron chi connectivity index (χ4n) is 4.38. The van der Waals surface area contributed by atoms with Crippen molar-refractivity contribution in [2.75, 3.05) is 19.7 Å². The fraction of sp³-hybridized carbons (Fsp3) is 0.364. The Kier molecular flexibility index (Phi) is 4.48. The molecule has 0 unspecified atom stereocenters. The summed E-state index contributed by atoms with van der Waals surface area (Å²) in [4.78, 5) is 27.5. The van der Waals surface area contributed by atoms with Gasteiger partial charge in [-0.05, 0) is 23.6 Å². The summed E-state index contributed by atoms with van der Waals surface area (Å²) in [5, 5.41) is 9.83. The molecule has 0 saturated carbocycles. The van der Waals surface area contributed by atoms with Crippen molar-refractivity contribution in [3.8, 4) is 11.1 Å². The van der Waals surface area contributed by atoms with Crippen molar-refractivity contribution >= 4 is 11.8 Å². The maximum absolute atomic E-state index is 12.4. The average Bonchev–Trinajstić information content (AvgIpc) is 2.64. The quantitative estimate of drug-likeness (QED) is 0.908. The number of hydrogen-bond donors (Lipinski definition) is 1. The van der Waals surface area contributed by atoms with E-state index in [0.29, 0.717) is 6.54 Å². The number of carbonyl (C=O) groups excluding carboxylic acids is 2. The van der Waals surface area contributed by atoms with Crippen LogP contribution in [-0.2, 0) is 9.59 Å².